The first kappa shape index (κ1) is 13.8. The zero-order valence-corrected chi connectivity index (χ0v) is 11.7. The number of nitrogens with one attached hydrogen (secondary N) is 1. The molecule has 1 heterocycles. The molecule has 0 aliphatic rings. The number of methoxy groups -OCH3 is 1. The van der Waals surface area contributed by atoms with Crippen LogP contribution in [0.25, 0.3) is 0 Å². The van der Waals surface area contributed by atoms with Gasteiger partial charge in [-0.15, -0.1) is 0 Å². The molecule has 6 heteroatoms. The summed E-state index contributed by atoms with van der Waals surface area (Å²) in [5.74, 6) is 2.00. The Balaban J connectivity index is 1.78. The van der Waals surface area contributed by atoms with E-state index in [9.17, 15) is 0 Å². The number of aromatic nitrogens is 2. The molecule has 1 aromatic heterocycles. The second-order valence-corrected chi connectivity index (χ2v) is 4.54. The first-order chi connectivity index (χ1) is 9.19. The molecular formula is C13H16ClN3O2. The van der Waals surface area contributed by atoms with Gasteiger partial charge in [-0.05, 0) is 24.6 Å². The summed E-state index contributed by atoms with van der Waals surface area (Å²) in [6.45, 7) is 3.31. The predicted molar refractivity (Wildman–Crippen MR) is 72.4 cm³/mol. The van der Waals surface area contributed by atoms with Gasteiger partial charge in [0, 0.05) is 19.5 Å². The molecule has 0 atom stereocenters. The van der Waals surface area contributed by atoms with E-state index in [-0.39, 0.29) is 0 Å². The standard InChI is InChI=1S/C13H16ClN3O2/c1-9-16-13(19-17-9)5-6-15-8-10-3-4-12(18-2)11(14)7-10/h3-4,7,15H,5-6,8H2,1-2H3. The van der Waals surface area contributed by atoms with Crippen LogP contribution in [-0.2, 0) is 13.0 Å². The fraction of sp³-hybridized carbons (Fsp3) is 0.385. The Hall–Kier alpha value is -1.59. The molecule has 2 aromatic rings. The summed E-state index contributed by atoms with van der Waals surface area (Å²) < 4.78 is 10.1. The van der Waals surface area contributed by atoms with Crippen LogP contribution < -0.4 is 10.1 Å². The number of rotatable bonds is 6. The summed E-state index contributed by atoms with van der Waals surface area (Å²) in [5.41, 5.74) is 1.10. The minimum absolute atomic E-state index is 0.620. The van der Waals surface area contributed by atoms with Crippen LogP contribution in [0.4, 0.5) is 0 Å². The number of hydrogen-bond acceptors (Lipinski definition) is 5. The third kappa shape index (κ3) is 3.94. The lowest BCUT2D eigenvalue weighted by Gasteiger charge is -2.06. The summed E-state index contributed by atoms with van der Waals surface area (Å²) in [6, 6.07) is 5.74. The Morgan fingerprint density at radius 2 is 2.26 bits per heavy atom. The van der Waals surface area contributed by atoms with Crippen molar-refractivity contribution in [3.05, 3.63) is 40.5 Å². The minimum atomic E-state index is 0.620. The van der Waals surface area contributed by atoms with E-state index < -0.39 is 0 Å². The molecule has 0 amide bonds. The maximum Gasteiger partial charge on any atom is 0.227 e. The number of benzene rings is 1. The lowest BCUT2D eigenvalue weighted by atomic mass is 10.2. The first-order valence-corrected chi connectivity index (χ1v) is 6.39. The summed E-state index contributed by atoms with van der Waals surface area (Å²) in [5, 5.41) is 7.66. The van der Waals surface area contributed by atoms with Crippen LogP contribution in [0.15, 0.2) is 22.7 Å². The Labute approximate surface area is 116 Å². The maximum atomic E-state index is 6.05. The maximum absolute atomic E-state index is 6.05. The quantitative estimate of drug-likeness (QED) is 0.824. The smallest absolute Gasteiger partial charge is 0.227 e. The Morgan fingerprint density at radius 1 is 1.42 bits per heavy atom. The number of aryl methyl sites for hydroxylation is 1. The van der Waals surface area contributed by atoms with Crippen molar-refractivity contribution in [2.24, 2.45) is 0 Å². The third-order valence-corrected chi connectivity index (χ3v) is 2.93. The van der Waals surface area contributed by atoms with Crippen molar-refractivity contribution >= 4 is 11.6 Å². The van der Waals surface area contributed by atoms with Crippen molar-refractivity contribution < 1.29 is 9.26 Å². The molecule has 0 radical (unpaired) electrons. The highest BCUT2D eigenvalue weighted by molar-refractivity contribution is 6.32. The number of hydrogen-bond donors (Lipinski definition) is 1. The molecule has 0 fully saturated rings. The van der Waals surface area contributed by atoms with Gasteiger partial charge in [-0.1, -0.05) is 22.8 Å². The van der Waals surface area contributed by atoms with Gasteiger partial charge in [0.05, 0.1) is 12.1 Å². The lowest BCUT2D eigenvalue weighted by molar-refractivity contribution is 0.372. The summed E-state index contributed by atoms with van der Waals surface area (Å²) in [4.78, 5) is 4.14. The van der Waals surface area contributed by atoms with Crippen LogP contribution in [0.5, 0.6) is 5.75 Å². The molecule has 0 saturated carbocycles. The van der Waals surface area contributed by atoms with Gasteiger partial charge < -0.3 is 14.6 Å². The van der Waals surface area contributed by atoms with Gasteiger partial charge in [-0.3, -0.25) is 0 Å². The molecule has 1 aromatic carbocycles. The van der Waals surface area contributed by atoms with Crippen molar-refractivity contribution in [1.82, 2.24) is 15.5 Å². The van der Waals surface area contributed by atoms with Gasteiger partial charge in [-0.25, -0.2) is 0 Å². The monoisotopic (exact) mass is 281 g/mol. The number of halogens is 1. The molecule has 5 nitrogen and oxygen atoms in total. The molecule has 0 saturated heterocycles. The van der Waals surface area contributed by atoms with Crippen molar-refractivity contribution in [2.75, 3.05) is 13.7 Å². The second-order valence-electron chi connectivity index (χ2n) is 4.13. The van der Waals surface area contributed by atoms with Crippen LogP contribution in [-0.4, -0.2) is 23.8 Å². The number of ether oxygens (including phenoxy) is 1. The highest BCUT2D eigenvalue weighted by atomic mass is 35.5. The van der Waals surface area contributed by atoms with E-state index in [4.69, 9.17) is 20.9 Å². The van der Waals surface area contributed by atoms with Crippen molar-refractivity contribution in [2.45, 2.75) is 19.9 Å². The van der Waals surface area contributed by atoms with E-state index in [2.05, 4.69) is 15.5 Å². The molecule has 0 aliphatic heterocycles. The molecule has 0 spiro atoms. The molecule has 2 rings (SSSR count). The average molecular weight is 282 g/mol. The van der Waals surface area contributed by atoms with Crippen LogP contribution in [0.1, 0.15) is 17.3 Å². The third-order valence-electron chi connectivity index (χ3n) is 2.63. The fourth-order valence-electron chi connectivity index (χ4n) is 1.69. The zero-order valence-electron chi connectivity index (χ0n) is 10.9. The van der Waals surface area contributed by atoms with Crippen LogP contribution in [0.3, 0.4) is 0 Å². The molecule has 0 aliphatic carbocycles. The Morgan fingerprint density at radius 3 is 2.89 bits per heavy atom. The summed E-state index contributed by atoms with van der Waals surface area (Å²) in [6.07, 6.45) is 0.713. The Kier molecular flexibility index (Phi) is 4.76. The molecule has 19 heavy (non-hydrogen) atoms. The summed E-state index contributed by atoms with van der Waals surface area (Å²) >= 11 is 6.05. The molecule has 0 bridgehead atoms. The van der Waals surface area contributed by atoms with Crippen LogP contribution >= 0.6 is 11.6 Å². The molecule has 102 valence electrons. The predicted octanol–water partition coefficient (Wildman–Crippen LogP) is 2.37. The largest absolute Gasteiger partial charge is 0.495 e. The van der Waals surface area contributed by atoms with E-state index in [1.54, 1.807) is 14.0 Å². The van der Waals surface area contributed by atoms with Gasteiger partial charge >= 0.3 is 0 Å². The molecule has 0 unspecified atom stereocenters. The normalized spacial score (nSPS) is 10.7. The van der Waals surface area contributed by atoms with E-state index in [1.165, 1.54) is 0 Å². The van der Waals surface area contributed by atoms with Crippen molar-refractivity contribution in [1.29, 1.82) is 0 Å². The first-order valence-electron chi connectivity index (χ1n) is 6.01. The van der Waals surface area contributed by atoms with Gasteiger partial charge in [-0.2, -0.15) is 4.98 Å². The summed E-state index contributed by atoms with van der Waals surface area (Å²) in [7, 11) is 1.60. The van der Waals surface area contributed by atoms with Gasteiger partial charge in [0.25, 0.3) is 0 Å². The second kappa shape index (κ2) is 6.54. The van der Waals surface area contributed by atoms with E-state index in [0.29, 0.717) is 28.9 Å². The van der Waals surface area contributed by atoms with Crippen molar-refractivity contribution in [3.63, 3.8) is 0 Å². The Bertz CT molecular complexity index is 542. The average Bonchev–Trinajstić information content (AvgIpc) is 2.81. The van der Waals surface area contributed by atoms with Gasteiger partial charge in [0.1, 0.15) is 5.75 Å². The number of nitrogens with zero attached hydrogens (tertiary/aromatic N) is 2. The highest BCUT2D eigenvalue weighted by Gasteiger charge is 2.03. The topological polar surface area (TPSA) is 60.2 Å². The fourth-order valence-corrected chi connectivity index (χ4v) is 1.97. The van der Waals surface area contributed by atoms with Crippen LogP contribution in [0, 0.1) is 6.92 Å². The zero-order chi connectivity index (χ0) is 13.7. The SMILES string of the molecule is COc1ccc(CNCCc2nc(C)no2)cc1Cl. The van der Waals surface area contributed by atoms with Gasteiger partial charge in [0.2, 0.25) is 5.89 Å². The van der Waals surface area contributed by atoms with E-state index in [0.717, 1.165) is 18.7 Å². The van der Waals surface area contributed by atoms with E-state index in [1.807, 2.05) is 18.2 Å². The molecule has 1 N–H and O–H groups in total. The van der Waals surface area contributed by atoms with E-state index >= 15 is 0 Å². The minimum Gasteiger partial charge on any atom is -0.495 e. The van der Waals surface area contributed by atoms with Gasteiger partial charge in [0.15, 0.2) is 5.82 Å². The van der Waals surface area contributed by atoms with Crippen LogP contribution in [0.2, 0.25) is 5.02 Å². The van der Waals surface area contributed by atoms with Crippen molar-refractivity contribution in [3.8, 4) is 5.75 Å². The molecular weight excluding hydrogens is 266 g/mol. The lowest BCUT2D eigenvalue weighted by Crippen LogP contribution is -2.16. The highest BCUT2D eigenvalue weighted by Crippen LogP contribution is 2.24.